The highest BCUT2D eigenvalue weighted by Gasteiger charge is 2.07. The van der Waals surface area contributed by atoms with Gasteiger partial charge in [-0.1, -0.05) is 26.0 Å². The fourth-order valence-electron chi connectivity index (χ4n) is 2.21. The second-order valence-electron chi connectivity index (χ2n) is 6.07. The molecule has 0 bridgehead atoms. The minimum atomic E-state index is -0.325. The Hall–Kier alpha value is -2.69. The van der Waals surface area contributed by atoms with Crippen LogP contribution in [0, 0.1) is 11.7 Å². The maximum absolute atomic E-state index is 12.8. The Bertz CT molecular complexity index is 694. The normalized spacial score (nSPS) is 10.5. The van der Waals surface area contributed by atoms with Crippen LogP contribution in [-0.2, 0) is 16.0 Å². The molecule has 2 N–H and O–H groups in total. The summed E-state index contributed by atoms with van der Waals surface area (Å²) in [7, 11) is 0. The lowest BCUT2D eigenvalue weighted by molar-refractivity contribution is -0.117. The minimum Gasteiger partial charge on any atom is -0.326 e. The zero-order valence-corrected chi connectivity index (χ0v) is 13.8. The Kier molecular flexibility index (Phi) is 6.07. The zero-order valence-electron chi connectivity index (χ0n) is 13.8. The Labute approximate surface area is 141 Å². The van der Waals surface area contributed by atoms with Crippen molar-refractivity contribution in [1.29, 1.82) is 0 Å². The number of nitrogens with one attached hydrogen (secondary N) is 2. The topological polar surface area (TPSA) is 58.2 Å². The van der Waals surface area contributed by atoms with E-state index in [0.717, 1.165) is 5.56 Å². The molecule has 0 fully saturated rings. The van der Waals surface area contributed by atoms with Crippen LogP contribution in [0.2, 0.25) is 0 Å². The first-order chi connectivity index (χ1) is 11.4. The SMILES string of the molecule is CC(C)CC(=O)Nc1ccc(NC(=O)Cc2ccc(F)cc2)cc1. The molecule has 0 saturated heterocycles. The lowest BCUT2D eigenvalue weighted by Gasteiger charge is -2.09. The second-order valence-corrected chi connectivity index (χ2v) is 6.07. The summed E-state index contributed by atoms with van der Waals surface area (Å²) in [5.74, 6) is -0.236. The summed E-state index contributed by atoms with van der Waals surface area (Å²) in [6.07, 6.45) is 0.642. The molecule has 126 valence electrons. The van der Waals surface area contributed by atoms with Crippen LogP contribution in [-0.4, -0.2) is 11.8 Å². The Morgan fingerprint density at radius 2 is 1.38 bits per heavy atom. The van der Waals surface area contributed by atoms with Crippen molar-refractivity contribution in [1.82, 2.24) is 0 Å². The van der Waals surface area contributed by atoms with Gasteiger partial charge in [0, 0.05) is 17.8 Å². The number of hydrogen-bond acceptors (Lipinski definition) is 2. The number of carbonyl (C=O) groups is 2. The van der Waals surface area contributed by atoms with Crippen molar-refractivity contribution >= 4 is 23.2 Å². The van der Waals surface area contributed by atoms with E-state index in [1.54, 1.807) is 36.4 Å². The van der Waals surface area contributed by atoms with Crippen molar-refractivity contribution in [2.45, 2.75) is 26.7 Å². The molecule has 2 rings (SSSR count). The molecule has 2 aromatic carbocycles. The van der Waals surface area contributed by atoms with Gasteiger partial charge in [-0.15, -0.1) is 0 Å². The minimum absolute atomic E-state index is 0.0295. The van der Waals surface area contributed by atoms with Crippen molar-refractivity contribution in [3.05, 3.63) is 59.9 Å². The van der Waals surface area contributed by atoms with E-state index < -0.39 is 0 Å². The highest BCUT2D eigenvalue weighted by Crippen LogP contribution is 2.15. The summed E-state index contributed by atoms with van der Waals surface area (Å²) >= 11 is 0. The first-order valence-electron chi connectivity index (χ1n) is 7.86. The summed E-state index contributed by atoms with van der Waals surface area (Å²) in [4.78, 5) is 23.7. The average molecular weight is 328 g/mol. The monoisotopic (exact) mass is 328 g/mol. The van der Waals surface area contributed by atoms with Gasteiger partial charge in [0.05, 0.1) is 6.42 Å². The molecule has 0 aliphatic carbocycles. The predicted octanol–water partition coefficient (Wildman–Crippen LogP) is 3.99. The van der Waals surface area contributed by atoms with Crippen LogP contribution in [0.3, 0.4) is 0 Å². The third kappa shape index (κ3) is 5.83. The van der Waals surface area contributed by atoms with Crippen LogP contribution in [0.15, 0.2) is 48.5 Å². The fourth-order valence-corrected chi connectivity index (χ4v) is 2.21. The molecule has 0 aliphatic heterocycles. The second kappa shape index (κ2) is 8.24. The molecular weight excluding hydrogens is 307 g/mol. The van der Waals surface area contributed by atoms with E-state index in [1.807, 2.05) is 13.8 Å². The van der Waals surface area contributed by atoms with Crippen LogP contribution >= 0.6 is 0 Å². The van der Waals surface area contributed by atoms with E-state index in [-0.39, 0.29) is 24.1 Å². The summed E-state index contributed by atoms with van der Waals surface area (Å²) in [6.45, 7) is 3.97. The maximum atomic E-state index is 12.8. The largest absolute Gasteiger partial charge is 0.326 e. The molecule has 5 heteroatoms. The number of anilines is 2. The van der Waals surface area contributed by atoms with E-state index in [0.29, 0.717) is 23.7 Å². The number of carbonyl (C=O) groups excluding carboxylic acids is 2. The van der Waals surface area contributed by atoms with Crippen LogP contribution in [0.1, 0.15) is 25.8 Å². The summed E-state index contributed by atoms with van der Waals surface area (Å²) in [5.41, 5.74) is 2.08. The van der Waals surface area contributed by atoms with Crippen molar-refractivity contribution in [3.63, 3.8) is 0 Å². The van der Waals surface area contributed by atoms with Gasteiger partial charge in [-0.3, -0.25) is 9.59 Å². The number of hydrogen-bond donors (Lipinski definition) is 2. The van der Waals surface area contributed by atoms with E-state index in [4.69, 9.17) is 0 Å². The molecule has 0 atom stereocenters. The van der Waals surface area contributed by atoms with Gasteiger partial charge in [0.15, 0.2) is 0 Å². The van der Waals surface area contributed by atoms with Gasteiger partial charge >= 0.3 is 0 Å². The lowest BCUT2D eigenvalue weighted by atomic mass is 10.1. The highest BCUT2D eigenvalue weighted by atomic mass is 19.1. The van der Waals surface area contributed by atoms with Gasteiger partial charge in [0.25, 0.3) is 0 Å². The van der Waals surface area contributed by atoms with Gasteiger partial charge in [-0.2, -0.15) is 0 Å². The molecule has 0 aliphatic rings. The van der Waals surface area contributed by atoms with Crippen molar-refractivity contribution in [2.75, 3.05) is 10.6 Å². The van der Waals surface area contributed by atoms with Crippen molar-refractivity contribution < 1.29 is 14.0 Å². The van der Waals surface area contributed by atoms with E-state index in [1.165, 1.54) is 12.1 Å². The first-order valence-corrected chi connectivity index (χ1v) is 7.86. The third-order valence-electron chi connectivity index (χ3n) is 3.32. The Morgan fingerprint density at radius 3 is 1.88 bits per heavy atom. The van der Waals surface area contributed by atoms with E-state index >= 15 is 0 Å². The summed E-state index contributed by atoms with van der Waals surface area (Å²) in [6, 6.07) is 12.8. The molecular formula is C19H21FN2O2. The third-order valence-corrected chi connectivity index (χ3v) is 3.32. The van der Waals surface area contributed by atoms with Crippen molar-refractivity contribution in [3.8, 4) is 0 Å². The van der Waals surface area contributed by atoms with E-state index in [9.17, 15) is 14.0 Å². The molecule has 0 saturated carbocycles. The zero-order chi connectivity index (χ0) is 17.5. The lowest BCUT2D eigenvalue weighted by Crippen LogP contribution is -2.15. The van der Waals surface area contributed by atoms with Gasteiger partial charge in [-0.05, 0) is 47.9 Å². The fraction of sp³-hybridized carbons (Fsp3) is 0.263. The molecule has 2 aromatic rings. The Morgan fingerprint density at radius 1 is 0.875 bits per heavy atom. The van der Waals surface area contributed by atoms with Crippen LogP contribution in [0.4, 0.5) is 15.8 Å². The molecule has 0 heterocycles. The molecule has 0 aromatic heterocycles. The molecule has 4 nitrogen and oxygen atoms in total. The van der Waals surface area contributed by atoms with Crippen LogP contribution < -0.4 is 10.6 Å². The standard InChI is InChI=1S/C19H21FN2O2/c1-13(2)11-18(23)21-16-7-9-17(10-8-16)22-19(24)12-14-3-5-15(20)6-4-14/h3-10,13H,11-12H2,1-2H3,(H,21,23)(H,22,24). The Balaban J connectivity index is 1.87. The number of amides is 2. The van der Waals surface area contributed by atoms with Gasteiger partial charge in [-0.25, -0.2) is 4.39 Å². The van der Waals surface area contributed by atoms with E-state index in [2.05, 4.69) is 10.6 Å². The highest BCUT2D eigenvalue weighted by molar-refractivity contribution is 5.93. The molecule has 2 amide bonds. The number of halogens is 1. The van der Waals surface area contributed by atoms with Crippen LogP contribution in [0.25, 0.3) is 0 Å². The maximum Gasteiger partial charge on any atom is 0.228 e. The number of rotatable bonds is 6. The summed E-state index contributed by atoms with van der Waals surface area (Å²) in [5, 5.41) is 5.58. The average Bonchev–Trinajstić information content (AvgIpc) is 2.51. The number of benzene rings is 2. The molecule has 0 unspecified atom stereocenters. The smallest absolute Gasteiger partial charge is 0.228 e. The quantitative estimate of drug-likeness (QED) is 0.842. The van der Waals surface area contributed by atoms with Gasteiger partial charge in [0.1, 0.15) is 5.82 Å². The summed E-state index contributed by atoms with van der Waals surface area (Å²) < 4.78 is 12.8. The van der Waals surface area contributed by atoms with Crippen molar-refractivity contribution in [2.24, 2.45) is 5.92 Å². The first kappa shape index (κ1) is 17.7. The van der Waals surface area contributed by atoms with Crippen LogP contribution in [0.5, 0.6) is 0 Å². The molecule has 24 heavy (non-hydrogen) atoms. The van der Waals surface area contributed by atoms with Gasteiger partial charge in [0.2, 0.25) is 11.8 Å². The molecule has 0 radical (unpaired) electrons. The predicted molar refractivity (Wildman–Crippen MR) is 93.3 cm³/mol. The van der Waals surface area contributed by atoms with Gasteiger partial charge < -0.3 is 10.6 Å². The molecule has 0 spiro atoms.